The number of nitrogens with one attached hydrogen (secondary N) is 2. The maximum atomic E-state index is 12.6. The fourth-order valence-corrected chi connectivity index (χ4v) is 3.88. The number of anilines is 1. The number of sulfonamides is 1. The number of amides is 1. The van der Waals surface area contributed by atoms with Crippen molar-refractivity contribution in [2.75, 3.05) is 12.4 Å². The highest BCUT2D eigenvalue weighted by Gasteiger charge is 2.15. The highest BCUT2D eigenvalue weighted by Crippen LogP contribution is 2.29. The average molecular weight is 441 g/mol. The molecule has 1 amide bonds. The topological polar surface area (TPSA) is 93.7 Å². The summed E-state index contributed by atoms with van der Waals surface area (Å²) in [5, 5.41) is 2.60. The zero-order valence-electron chi connectivity index (χ0n) is 17.3. The largest absolute Gasteiger partial charge is 0.493 e. The molecule has 0 fully saturated rings. The molecular formula is C23H24N2O5S. The summed E-state index contributed by atoms with van der Waals surface area (Å²) in [5.41, 5.74) is 2.29. The van der Waals surface area contributed by atoms with Gasteiger partial charge in [0.15, 0.2) is 11.5 Å². The van der Waals surface area contributed by atoms with Crippen LogP contribution in [-0.2, 0) is 28.0 Å². The first-order valence-electron chi connectivity index (χ1n) is 9.58. The van der Waals surface area contributed by atoms with Crippen LogP contribution in [0.4, 0.5) is 5.69 Å². The minimum atomic E-state index is -3.71. The van der Waals surface area contributed by atoms with E-state index in [4.69, 9.17) is 9.47 Å². The summed E-state index contributed by atoms with van der Waals surface area (Å²) >= 11 is 0. The van der Waals surface area contributed by atoms with Crippen LogP contribution in [0, 0.1) is 0 Å². The minimum absolute atomic E-state index is 0.0884. The van der Waals surface area contributed by atoms with Crippen molar-refractivity contribution in [1.82, 2.24) is 4.72 Å². The molecule has 0 saturated heterocycles. The van der Waals surface area contributed by atoms with Crippen LogP contribution in [0.5, 0.6) is 11.5 Å². The van der Waals surface area contributed by atoms with E-state index in [-0.39, 0.29) is 17.3 Å². The number of benzene rings is 3. The van der Waals surface area contributed by atoms with Crippen LogP contribution in [0.25, 0.3) is 0 Å². The second-order valence-corrected chi connectivity index (χ2v) is 8.56. The molecule has 0 atom stereocenters. The van der Waals surface area contributed by atoms with Gasteiger partial charge in [0.05, 0.1) is 12.0 Å². The van der Waals surface area contributed by atoms with Gasteiger partial charge >= 0.3 is 0 Å². The molecule has 0 spiro atoms. The summed E-state index contributed by atoms with van der Waals surface area (Å²) in [4.78, 5) is 11.2. The van der Waals surface area contributed by atoms with E-state index >= 15 is 0 Å². The predicted octanol–water partition coefficient (Wildman–Crippen LogP) is 3.71. The molecule has 31 heavy (non-hydrogen) atoms. The number of carbonyl (C=O) groups is 1. The molecule has 3 aromatic rings. The molecule has 162 valence electrons. The van der Waals surface area contributed by atoms with Crippen LogP contribution in [0.1, 0.15) is 18.1 Å². The van der Waals surface area contributed by atoms with Crippen molar-refractivity contribution < 1.29 is 22.7 Å². The summed E-state index contributed by atoms with van der Waals surface area (Å²) in [7, 11) is -2.18. The summed E-state index contributed by atoms with van der Waals surface area (Å²) in [5.74, 6) is 0.873. The maximum absolute atomic E-state index is 12.6. The number of hydrogen-bond acceptors (Lipinski definition) is 5. The number of ether oxygens (including phenoxy) is 2. The van der Waals surface area contributed by atoms with E-state index in [0.717, 1.165) is 11.1 Å². The molecule has 0 aliphatic carbocycles. The van der Waals surface area contributed by atoms with Gasteiger partial charge in [-0.1, -0.05) is 36.4 Å². The van der Waals surface area contributed by atoms with Crippen LogP contribution < -0.4 is 19.5 Å². The molecule has 0 bridgehead atoms. The molecular weight excluding hydrogens is 416 g/mol. The third-order valence-electron chi connectivity index (χ3n) is 4.42. The number of rotatable bonds is 9. The first-order chi connectivity index (χ1) is 14.9. The summed E-state index contributed by atoms with van der Waals surface area (Å²) in [6.45, 7) is 1.88. The van der Waals surface area contributed by atoms with E-state index in [0.29, 0.717) is 23.8 Å². The molecule has 0 aliphatic heterocycles. The Labute approximate surface area is 182 Å². The Morgan fingerprint density at radius 3 is 2.26 bits per heavy atom. The predicted molar refractivity (Wildman–Crippen MR) is 119 cm³/mol. The van der Waals surface area contributed by atoms with Gasteiger partial charge in [-0.25, -0.2) is 13.1 Å². The van der Waals surface area contributed by atoms with E-state index in [1.165, 1.54) is 38.3 Å². The fourth-order valence-electron chi connectivity index (χ4n) is 2.86. The number of carbonyl (C=O) groups excluding carboxylic acids is 1. The number of methoxy groups -OCH3 is 1. The van der Waals surface area contributed by atoms with E-state index in [1.807, 2.05) is 30.3 Å². The SMILES string of the molecule is COc1cc(CNS(=O)(=O)c2ccc(NC(C)=O)cc2)ccc1OCc1ccccc1. The smallest absolute Gasteiger partial charge is 0.240 e. The lowest BCUT2D eigenvalue weighted by Crippen LogP contribution is -2.23. The first kappa shape index (κ1) is 22.3. The van der Waals surface area contributed by atoms with Crippen molar-refractivity contribution in [1.29, 1.82) is 0 Å². The summed E-state index contributed by atoms with van der Waals surface area (Å²) in [6.07, 6.45) is 0. The Morgan fingerprint density at radius 2 is 1.61 bits per heavy atom. The Hall–Kier alpha value is -3.36. The Bertz CT molecular complexity index is 1130. The third-order valence-corrected chi connectivity index (χ3v) is 5.83. The van der Waals surface area contributed by atoms with Crippen molar-refractivity contribution >= 4 is 21.6 Å². The van der Waals surface area contributed by atoms with Crippen molar-refractivity contribution in [3.8, 4) is 11.5 Å². The number of hydrogen-bond donors (Lipinski definition) is 2. The van der Waals surface area contributed by atoms with Gasteiger partial charge in [-0.15, -0.1) is 0 Å². The van der Waals surface area contributed by atoms with E-state index in [1.54, 1.807) is 18.2 Å². The van der Waals surface area contributed by atoms with E-state index in [2.05, 4.69) is 10.0 Å². The van der Waals surface area contributed by atoms with E-state index < -0.39 is 10.0 Å². The standard InChI is InChI=1S/C23H24N2O5S/c1-17(26)25-20-9-11-21(12-10-20)31(27,28)24-15-19-8-13-22(23(14-19)29-2)30-16-18-6-4-3-5-7-18/h3-14,24H,15-16H2,1-2H3,(H,25,26). The van der Waals surface area contributed by atoms with Crippen LogP contribution >= 0.6 is 0 Å². The maximum Gasteiger partial charge on any atom is 0.240 e. The first-order valence-corrected chi connectivity index (χ1v) is 11.1. The lowest BCUT2D eigenvalue weighted by atomic mass is 10.2. The van der Waals surface area contributed by atoms with Crippen molar-refractivity contribution in [2.24, 2.45) is 0 Å². The van der Waals surface area contributed by atoms with Gasteiger partial charge in [0.25, 0.3) is 0 Å². The second-order valence-electron chi connectivity index (χ2n) is 6.79. The quantitative estimate of drug-likeness (QED) is 0.529. The van der Waals surface area contributed by atoms with Crippen molar-refractivity contribution in [3.63, 3.8) is 0 Å². The molecule has 2 N–H and O–H groups in total. The van der Waals surface area contributed by atoms with Crippen LogP contribution in [0.3, 0.4) is 0 Å². The van der Waals surface area contributed by atoms with Gasteiger partial charge < -0.3 is 14.8 Å². The zero-order valence-corrected chi connectivity index (χ0v) is 18.1. The third kappa shape index (κ3) is 6.31. The lowest BCUT2D eigenvalue weighted by molar-refractivity contribution is -0.114. The van der Waals surface area contributed by atoms with Gasteiger partial charge in [-0.2, -0.15) is 0 Å². The van der Waals surface area contributed by atoms with Gasteiger partial charge in [-0.05, 0) is 47.5 Å². The van der Waals surface area contributed by atoms with E-state index in [9.17, 15) is 13.2 Å². The Balaban J connectivity index is 1.64. The molecule has 0 radical (unpaired) electrons. The normalized spacial score (nSPS) is 11.0. The van der Waals surface area contributed by atoms with Crippen LogP contribution in [0.15, 0.2) is 77.7 Å². The van der Waals surface area contributed by atoms with Gasteiger partial charge in [0.1, 0.15) is 6.61 Å². The molecule has 0 heterocycles. The van der Waals surface area contributed by atoms with Crippen LogP contribution in [-0.4, -0.2) is 21.4 Å². The van der Waals surface area contributed by atoms with Gasteiger partial charge in [0.2, 0.25) is 15.9 Å². The Kier molecular flexibility index (Phi) is 7.28. The van der Waals surface area contributed by atoms with Crippen LogP contribution in [0.2, 0.25) is 0 Å². The van der Waals surface area contributed by atoms with Gasteiger partial charge in [-0.3, -0.25) is 4.79 Å². The average Bonchev–Trinajstić information content (AvgIpc) is 2.77. The summed E-state index contributed by atoms with van der Waals surface area (Å²) in [6, 6.07) is 21.0. The molecule has 0 unspecified atom stereocenters. The van der Waals surface area contributed by atoms with Crippen molar-refractivity contribution in [2.45, 2.75) is 25.0 Å². The zero-order chi connectivity index (χ0) is 22.3. The minimum Gasteiger partial charge on any atom is -0.493 e. The molecule has 7 nitrogen and oxygen atoms in total. The Morgan fingerprint density at radius 1 is 0.903 bits per heavy atom. The lowest BCUT2D eigenvalue weighted by Gasteiger charge is -2.13. The molecule has 0 aliphatic rings. The highest BCUT2D eigenvalue weighted by molar-refractivity contribution is 7.89. The second kappa shape index (κ2) is 10.1. The molecule has 0 aromatic heterocycles. The monoisotopic (exact) mass is 440 g/mol. The molecule has 3 rings (SSSR count). The highest BCUT2D eigenvalue weighted by atomic mass is 32.2. The fraction of sp³-hybridized carbons (Fsp3) is 0.174. The summed E-state index contributed by atoms with van der Waals surface area (Å²) < 4.78 is 38.9. The molecule has 8 heteroatoms. The molecule has 3 aromatic carbocycles. The molecule has 0 saturated carbocycles. The van der Waals surface area contributed by atoms with Gasteiger partial charge in [0, 0.05) is 19.2 Å². The van der Waals surface area contributed by atoms with Crippen molar-refractivity contribution in [3.05, 3.63) is 83.9 Å².